The molecule has 0 aliphatic rings. The summed E-state index contributed by atoms with van der Waals surface area (Å²) < 4.78 is 5.39. The number of amides is 1. The van der Waals surface area contributed by atoms with Gasteiger partial charge in [0.1, 0.15) is 5.75 Å². The van der Waals surface area contributed by atoms with Crippen LogP contribution in [0, 0.1) is 0 Å². The maximum atomic E-state index is 12.0. The Bertz CT molecular complexity index is 913. The minimum Gasteiger partial charge on any atom is -0.484 e. The molecule has 0 unspecified atom stereocenters. The second-order valence-corrected chi connectivity index (χ2v) is 6.60. The van der Waals surface area contributed by atoms with E-state index in [2.05, 4.69) is 20.8 Å². The molecule has 0 aliphatic carbocycles. The third-order valence-corrected chi connectivity index (χ3v) is 4.02. The van der Waals surface area contributed by atoms with Crippen molar-refractivity contribution in [2.24, 2.45) is 0 Å². The van der Waals surface area contributed by atoms with Crippen LogP contribution in [0.1, 0.15) is 0 Å². The summed E-state index contributed by atoms with van der Waals surface area (Å²) in [6, 6.07) is 18.1. The molecule has 0 saturated heterocycles. The highest BCUT2D eigenvalue weighted by atomic mass is 35.5. The van der Waals surface area contributed by atoms with E-state index in [1.54, 1.807) is 36.4 Å². The number of aromatic nitrogens is 2. The number of rotatable bonds is 7. The minimum absolute atomic E-state index is 0.137. The molecule has 0 fully saturated rings. The molecule has 0 bridgehead atoms. The van der Waals surface area contributed by atoms with Crippen LogP contribution in [0.25, 0.3) is 0 Å². The molecule has 2 N–H and O–H groups in total. The summed E-state index contributed by atoms with van der Waals surface area (Å²) in [5.41, 5.74) is 2.00. The topological polar surface area (TPSA) is 79.4 Å². The highest BCUT2D eigenvalue weighted by molar-refractivity contribution is 6.30. The van der Waals surface area contributed by atoms with E-state index < -0.39 is 0 Å². The van der Waals surface area contributed by atoms with Gasteiger partial charge >= 0.3 is 0 Å². The summed E-state index contributed by atoms with van der Waals surface area (Å²) in [6.07, 6.45) is 0. The molecular formula is C20H20ClN5O2. The number of hydrogen-bond donors (Lipinski definition) is 2. The van der Waals surface area contributed by atoms with Crippen LogP contribution in [0.3, 0.4) is 0 Å². The molecule has 1 amide bonds. The van der Waals surface area contributed by atoms with Crippen LogP contribution in [0.2, 0.25) is 5.02 Å². The first-order valence-electron chi connectivity index (χ1n) is 8.56. The zero-order valence-electron chi connectivity index (χ0n) is 15.5. The number of benzene rings is 2. The van der Waals surface area contributed by atoms with Crippen molar-refractivity contribution >= 4 is 40.5 Å². The lowest BCUT2D eigenvalue weighted by Gasteiger charge is -2.13. The van der Waals surface area contributed by atoms with Gasteiger partial charge in [-0.2, -0.15) is 0 Å². The lowest BCUT2D eigenvalue weighted by Crippen LogP contribution is -2.21. The fourth-order valence-electron chi connectivity index (χ4n) is 2.32. The van der Waals surface area contributed by atoms with E-state index in [1.165, 1.54) is 0 Å². The number of hydrogen-bond acceptors (Lipinski definition) is 6. The van der Waals surface area contributed by atoms with Crippen LogP contribution >= 0.6 is 11.6 Å². The molecule has 8 heteroatoms. The van der Waals surface area contributed by atoms with Crippen molar-refractivity contribution in [3.8, 4) is 5.75 Å². The third kappa shape index (κ3) is 5.59. The van der Waals surface area contributed by atoms with Crippen LogP contribution in [-0.4, -0.2) is 36.8 Å². The zero-order chi connectivity index (χ0) is 19.9. The van der Waals surface area contributed by atoms with Crippen molar-refractivity contribution in [3.63, 3.8) is 0 Å². The second kappa shape index (κ2) is 9.05. The average Bonchev–Trinajstić information content (AvgIpc) is 2.69. The summed E-state index contributed by atoms with van der Waals surface area (Å²) in [5.74, 6) is 1.15. The van der Waals surface area contributed by atoms with Gasteiger partial charge in [0.15, 0.2) is 18.2 Å². The maximum absolute atomic E-state index is 12.0. The fraction of sp³-hybridized carbons (Fsp3) is 0.150. The van der Waals surface area contributed by atoms with Gasteiger partial charge in [0.05, 0.1) is 0 Å². The van der Waals surface area contributed by atoms with Gasteiger partial charge in [-0.15, -0.1) is 10.2 Å². The monoisotopic (exact) mass is 397 g/mol. The normalized spacial score (nSPS) is 10.2. The van der Waals surface area contributed by atoms with E-state index in [4.69, 9.17) is 16.3 Å². The average molecular weight is 398 g/mol. The molecule has 2 aromatic carbocycles. The minimum atomic E-state index is -0.329. The van der Waals surface area contributed by atoms with Crippen LogP contribution < -0.4 is 20.3 Å². The molecule has 0 radical (unpaired) electrons. The quantitative estimate of drug-likeness (QED) is 0.628. The highest BCUT2D eigenvalue weighted by Gasteiger charge is 2.06. The maximum Gasteiger partial charge on any atom is 0.263 e. The Hall–Kier alpha value is -3.32. The molecule has 0 aliphatic heterocycles. The number of halogens is 1. The number of carbonyl (C=O) groups excluding carboxylic acids is 1. The zero-order valence-corrected chi connectivity index (χ0v) is 16.3. The number of anilines is 4. The van der Waals surface area contributed by atoms with Crippen molar-refractivity contribution in [3.05, 3.63) is 65.7 Å². The molecule has 144 valence electrons. The molecule has 3 rings (SSSR count). The van der Waals surface area contributed by atoms with Gasteiger partial charge in [0.25, 0.3) is 5.91 Å². The first kappa shape index (κ1) is 19.4. The first-order valence-corrected chi connectivity index (χ1v) is 8.94. The number of ether oxygens (including phenoxy) is 1. The largest absolute Gasteiger partial charge is 0.484 e. The lowest BCUT2D eigenvalue weighted by atomic mass is 10.2. The Morgan fingerprint density at radius 2 is 1.61 bits per heavy atom. The van der Waals surface area contributed by atoms with Gasteiger partial charge in [0, 0.05) is 30.5 Å². The van der Waals surface area contributed by atoms with Gasteiger partial charge in [-0.3, -0.25) is 4.79 Å². The SMILES string of the molecule is CN(C)c1ccc(Nc2ccc(NC(=O)COc3ccc(Cl)cc3)nn2)cc1. The van der Waals surface area contributed by atoms with E-state index in [0.29, 0.717) is 22.4 Å². The molecular weight excluding hydrogens is 378 g/mol. The van der Waals surface area contributed by atoms with Crippen molar-refractivity contribution in [1.82, 2.24) is 10.2 Å². The van der Waals surface area contributed by atoms with Crippen molar-refractivity contribution in [1.29, 1.82) is 0 Å². The summed E-state index contributed by atoms with van der Waals surface area (Å²) >= 11 is 5.81. The summed E-state index contributed by atoms with van der Waals surface area (Å²) in [5, 5.41) is 14.5. The molecule has 7 nitrogen and oxygen atoms in total. The predicted octanol–water partition coefficient (Wildman–Crippen LogP) is 3.96. The summed E-state index contributed by atoms with van der Waals surface area (Å²) in [7, 11) is 3.98. The standard InChI is InChI=1S/C20H20ClN5O2/c1-26(2)16-7-5-15(6-8-16)22-18-11-12-19(25-24-18)23-20(27)13-28-17-9-3-14(21)4-10-17/h3-12H,13H2,1-2H3,(H,22,24)(H,23,25,27). The summed E-state index contributed by atoms with van der Waals surface area (Å²) in [6.45, 7) is -0.137. The smallest absolute Gasteiger partial charge is 0.263 e. The molecule has 0 atom stereocenters. The van der Waals surface area contributed by atoms with Crippen molar-refractivity contribution < 1.29 is 9.53 Å². The van der Waals surface area contributed by atoms with Crippen LogP contribution in [0.15, 0.2) is 60.7 Å². The fourth-order valence-corrected chi connectivity index (χ4v) is 2.44. The van der Waals surface area contributed by atoms with E-state index in [1.807, 2.05) is 43.3 Å². The molecule has 0 saturated carbocycles. The number of nitrogens with zero attached hydrogens (tertiary/aromatic N) is 3. The lowest BCUT2D eigenvalue weighted by molar-refractivity contribution is -0.118. The summed E-state index contributed by atoms with van der Waals surface area (Å²) in [4.78, 5) is 14.0. The van der Waals surface area contributed by atoms with E-state index in [9.17, 15) is 4.79 Å². The Morgan fingerprint density at radius 3 is 2.21 bits per heavy atom. The van der Waals surface area contributed by atoms with Crippen LogP contribution in [0.5, 0.6) is 5.75 Å². The van der Waals surface area contributed by atoms with Gasteiger partial charge in [0.2, 0.25) is 0 Å². The van der Waals surface area contributed by atoms with Crippen LogP contribution in [0.4, 0.5) is 23.0 Å². The first-order chi connectivity index (χ1) is 13.5. The van der Waals surface area contributed by atoms with Gasteiger partial charge < -0.3 is 20.3 Å². The van der Waals surface area contributed by atoms with Gasteiger partial charge in [-0.05, 0) is 60.7 Å². The Kier molecular flexibility index (Phi) is 6.29. The van der Waals surface area contributed by atoms with Crippen molar-refractivity contribution in [2.45, 2.75) is 0 Å². The second-order valence-electron chi connectivity index (χ2n) is 6.16. The number of carbonyl (C=O) groups is 1. The highest BCUT2D eigenvalue weighted by Crippen LogP contribution is 2.19. The van der Waals surface area contributed by atoms with Crippen molar-refractivity contribution in [2.75, 3.05) is 36.2 Å². The Balaban J connectivity index is 1.50. The van der Waals surface area contributed by atoms with Gasteiger partial charge in [-0.1, -0.05) is 11.6 Å². The molecule has 1 aromatic heterocycles. The molecule has 1 heterocycles. The molecule has 3 aromatic rings. The predicted molar refractivity (Wildman–Crippen MR) is 112 cm³/mol. The Morgan fingerprint density at radius 1 is 0.964 bits per heavy atom. The molecule has 28 heavy (non-hydrogen) atoms. The van der Waals surface area contributed by atoms with E-state index >= 15 is 0 Å². The van der Waals surface area contributed by atoms with E-state index in [-0.39, 0.29) is 12.5 Å². The third-order valence-electron chi connectivity index (χ3n) is 3.77. The van der Waals surface area contributed by atoms with E-state index in [0.717, 1.165) is 11.4 Å². The van der Waals surface area contributed by atoms with Gasteiger partial charge in [-0.25, -0.2) is 0 Å². The van der Waals surface area contributed by atoms with Crippen LogP contribution in [-0.2, 0) is 4.79 Å². The Labute approximate surface area is 168 Å². The molecule has 0 spiro atoms. The number of nitrogens with one attached hydrogen (secondary N) is 2.